The summed E-state index contributed by atoms with van der Waals surface area (Å²) in [6.45, 7) is 0.151. The van der Waals surface area contributed by atoms with Crippen molar-refractivity contribution < 1.29 is 28.2 Å². The normalized spacial score (nSPS) is 10.5. The van der Waals surface area contributed by atoms with Crippen LogP contribution in [0, 0.1) is 5.82 Å². The van der Waals surface area contributed by atoms with Gasteiger partial charge in [0.1, 0.15) is 17.3 Å². The first-order chi connectivity index (χ1) is 13.4. The second kappa shape index (κ2) is 10.3. The lowest BCUT2D eigenvalue weighted by Crippen LogP contribution is -2.37. The van der Waals surface area contributed by atoms with Crippen molar-refractivity contribution in [1.29, 1.82) is 0 Å². The van der Waals surface area contributed by atoms with Crippen LogP contribution in [0.4, 0.5) is 10.1 Å². The Kier molecular flexibility index (Phi) is 7.76. The van der Waals surface area contributed by atoms with Crippen molar-refractivity contribution in [3.05, 3.63) is 53.8 Å². The molecule has 0 aliphatic carbocycles. The maximum atomic E-state index is 13.0. The minimum absolute atomic E-state index is 0.0635. The van der Waals surface area contributed by atoms with Gasteiger partial charge in [0.15, 0.2) is 0 Å². The van der Waals surface area contributed by atoms with Gasteiger partial charge >= 0.3 is 5.97 Å². The second-order valence-corrected chi connectivity index (χ2v) is 6.00. The number of ether oxygens (including phenoxy) is 3. The van der Waals surface area contributed by atoms with E-state index in [4.69, 9.17) is 14.2 Å². The van der Waals surface area contributed by atoms with E-state index in [-0.39, 0.29) is 19.0 Å². The number of carbonyl (C=O) groups is 2. The first-order valence-electron chi connectivity index (χ1n) is 8.50. The first-order valence-corrected chi connectivity index (χ1v) is 8.50. The summed E-state index contributed by atoms with van der Waals surface area (Å²) in [6.07, 6.45) is 0. The third-order valence-corrected chi connectivity index (χ3v) is 3.89. The van der Waals surface area contributed by atoms with E-state index in [0.717, 1.165) is 5.56 Å². The third-order valence-electron chi connectivity index (χ3n) is 3.89. The van der Waals surface area contributed by atoms with Crippen LogP contribution in [0.3, 0.4) is 0 Å². The molecule has 0 radical (unpaired) electrons. The number of nitrogens with zero attached hydrogens (tertiary/aromatic N) is 1. The minimum atomic E-state index is -0.468. The Bertz CT molecular complexity index is 788. The molecule has 0 bridgehead atoms. The SMILES string of the molecule is COC(=O)CN(CC(=O)Nc1ccc(F)cc1)Cc1cc(OC)cc(OC)c1. The maximum absolute atomic E-state index is 13.0. The lowest BCUT2D eigenvalue weighted by Gasteiger charge is -2.21. The molecule has 7 nitrogen and oxygen atoms in total. The predicted octanol–water partition coefficient (Wildman–Crippen LogP) is 2.46. The van der Waals surface area contributed by atoms with E-state index in [2.05, 4.69) is 5.32 Å². The molecule has 0 heterocycles. The predicted molar refractivity (Wildman–Crippen MR) is 102 cm³/mol. The summed E-state index contributed by atoms with van der Waals surface area (Å²) >= 11 is 0. The van der Waals surface area contributed by atoms with E-state index in [0.29, 0.717) is 23.7 Å². The molecule has 2 aromatic carbocycles. The number of hydrogen-bond acceptors (Lipinski definition) is 6. The van der Waals surface area contributed by atoms with Crippen LogP contribution in [-0.4, -0.2) is 51.2 Å². The Morgan fingerprint density at radius 1 is 0.964 bits per heavy atom. The highest BCUT2D eigenvalue weighted by Crippen LogP contribution is 2.23. The molecule has 8 heteroatoms. The Morgan fingerprint density at radius 2 is 1.57 bits per heavy atom. The van der Waals surface area contributed by atoms with Gasteiger partial charge < -0.3 is 19.5 Å². The van der Waals surface area contributed by atoms with Gasteiger partial charge in [-0.3, -0.25) is 14.5 Å². The van der Waals surface area contributed by atoms with E-state index in [1.165, 1.54) is 31.4 Å². The van der Waals surface area contributed by atoms with Gasteiger partial charge in [0.2, 0.25) is 5.91 Å². The number of esters is 1. The topological polar surface area (TPSA) is 77.1 Å². The van der Waals surface area contributed by atoms with Crippen molar-refractivity contribution in [2.45, 2.75) is 6.54 Å². The quantitative estimate of drug-likeness (QED) is 0.663. The number of benzene rings is 2. The molecule has 0 saturated heterocycles. The summed E-state index contributed by atoms with van der Waals surface area (Å²) in [5.41, 5.74) is 1.27. The monoisotopic (exact) mass is 390 g/mol. The van der Waals surface area contributed by atoms with Crippen molar-refractivity contribution in [3.63, 3.8) is 0 Å². The summed E-state index contributed by atoms with van der Waals surface area (Å²) < 4.78 is 28.2. The molecule has 0 fully saturated rings. The number of methoxy groups -OCH3 is 3. The lowest BCUT2D eigenvalue weighted by molar-refractivity contribution is -0.142. The Morgan fingerprint density at radius 3 is 2.11 bits per heavy atom. The number of nitrogens with one attached hydrogen (secondary N) is 1. The van der Waals surface area contributed by atoms with Crippen molar-refractivity contribution in [2.24, 2.45) is 0 Å². The van der Waals surface area contributed by atoms with Crippen LogP contribution >= 0.6 is 0 Å². The standard InChI is InChI=1S/C20H23FN2O5/c1-26-17-8-14(9-18(10-17)27-2)11-23(13-20(25)28-3)12-19(24)22-16-6-4-15(21)5-7-16/h4-10H,11-13H2,1-3H3,(H,22,24). The highest BCUT2D eigenvalue weighted by Gasteiger charge is 2.17. The zero-order valence-electron chi connectivity index (χ0n) is 16.0. The summed E-state index contributed by atoms with van der Waals surface area (Å²) in [4.78, 5) is 25.7. The smallest absolute Gasteiger partial charge is 0.319 e. The van der Waals surface area contributed by atoms with Gasteiger partial charge in [0.25, 0.3) is 0 Å². The van der Waals surface area contributed by atoms with Gasteiger partial charge in [-0.15, -0.1) is 0 Å². The number of halogens is 1. The Labute approximate surface area is 163 Å². The third kappa shape index (κ3) is 6.55. The van der Waals surface area contributed by atoms with E-state index in [1.54, 1.807) is 37.3 Å². The Balaban J connectivity index is 2.11. The molecule has 0 atom stereocenters. The second-order valence-electron chi connectivity index (χ2n) is 6.00. The number of carbonyl (C=O) groups excluding carboxylic acids is 2. The van der Waals surface area contributed by atoms with Crippen LogP contribution in [0.1, 0.15) is 5.56 Å². The maximum Gasteiger partial charge on any atom is 0.319 e. The van der Waals surface area contributed by atoms with Crippen LogP contribution < -0.4 is 14.8 Å². The largest absolute Gasteiger partial charge is 0.497 e. The molecule has 2 aromatic rings. The zero-order chi connectivity index (χ0) is 20.5. The van der Waals surface area contributed by atoms with E-state index >= 15 is 0 Å². The first kappa shape index (κ1) is 21.2. The molecule has 0 aromatic heterocycles. The molecule has 0 aliphatic rings. The van der Waals surface area contributed by atoms with Crippen LogP contribution in [0.2, 0.25) is 0 Å². The van der Waals surface area contributed by atoms with Crippen LogP contribution in [0.25, 0.3) is 0 Å². The van der Waals surface area contributed by atoms with Gasteiger partial charge in [-0.05, 0) is 42.0 Å². The number of hydrogen-bond donors (Lipinski definition) is 1. The summed E-state index contributed by atoms with van der Waals surface area (Å²) in [5, 5.41) is 2.67. The van der Waals surface area contributed by atoms with Gasteiger partial charge in [-0.25, -0.2) is 4.39 Å². The summed E-state index contributed by atoms with van der Waals surface area (Å²) in [6, 6.07) is 10.8. The number of anilines is 1. The van der Waals surface area contributed by atoms with Crippen molar-refractivity contribution in [2.75, 3.05) is 39.7 Å². The molecular formula is C20H23FN2O5. The van der Waals surface area contributed by atoms with Crippen molar-refractivity contribution >= 4 is 17.6 Å². The average molecular weight is 390 g/mol. The van der Waals surface area contributed by atoms with Crippen molar-refractivity contribution in [1.82, 2.24) is 4.90 Å². The molecule has 0 saturated carbocycles. The molecule has 1 N–H and O–H groups in total. The van der Waals surface area contributed by atoms with Gasteiger partial charge in [0, 0.05) is 18.3 Å². The summed E-state index contributed by atoms with van der Waals surface area (Å²) in [7, 11) is 4.37. The molecule has 150 valence electrons. The van der Waals surface area contributed by atoms with E-state index in [9.17, 15) is 14.0 Å². The Hall–Kier alpha value is -3.13. The lowest BCUT2D eigenvalue weighted by atomic mass is 10.2. The fraction of sp³-hybridized carbons (Fsp3) is 0.300. The number of rotatable bonds is 9. The fourth-order valence-electron chi connectivity index (χ4n) is 2.57. The molecule has 1 amide bonds. The molecule has 0 spiro atoms. The highest BCUT2D eigenvalue weighted by molar-refractivity contribution is 5.92. The molecule has 0 aliphatic heterocycles. The zero-order valence-corrected chi connectivity index (χ0v) is 16.0. The molecule has 0 unspecified atom stereocenters. The fourth-order valence-corrected chi connectivity index (χ4v) is 2.57. The highest BCUT2D eigenvalue weighted by atomic mass is 19.1. The van der Waals surface area contributed by atoms with Crippen LogP contribution in [0.5, 0.6) is 11.5 Å². The van der Waals surface area contributed by atoms with Crippen LogP contribution in [0.15, 0.2) is 42.5 Å². The molecular weight excluding hydrogens is 367 g/mol. The summed E-state index contributed by atoms with van der Waals surface area (Å²) in [5.74, 6) is -0.00151. The van der Waals surface area contributed by atoms with Gasteiger partial charge in [0.05, 0.1) is 34.4 Å². The van der Waals surface area contributed by atoms with E-state index < -0.39 is 11.8 Å². The van der Waals surface area contributed by atoms with Crippen LogP contribution in [-0.2, 0) is 20.9 Å². The van der Waals surface area contributed by atoms with Crippen molar-refractivity contribution in [3.8, 4) is 11.5 Å². The number of amides is 1. The molecule has 28 heavy (non-hydrogen) atoms. The van der Waals surface area contributed by atoms with E-state index in [1.807, 2.05) is 0 Å². The van der Waals surface area contributed by atoms with Gasteiger partial charge in [-0.1, -0.05) is 0 Å². The molecule has 2 rings (SSSR count). The van der Waals surface area contributed by atoms with Gasteiger partial charge in [-0.2, -0.15) is 0 Å². The average Bonchev–Trinajstić information content (AvgIpc) is 2.69. The minimum Gasteiger partial charge on any atom is -0.497 e.